The van der Waals surface area contributed by atoms with Gasteiger partial charge in [0, 0.05) is 38.0 Å². The number of fused-ring (bicyclic) bond motifs is 2. The Hall–Kier alpha value is -3.40. The van der Waals surface area contributed by atoms with Gasteiger partial charge in [-0.05, 0) is 12.5 Å². The fourth-order valence-corrected chi connectivity index (χ4v) is 3.74. The number of aromatic nitrogens is 2. The fraction of sp³-hybridized carbons (Fsp3) is 0.350. The highest BCUT2D eigenvalue weighted by Gasteiger charge is 2.24. The molecule has 2 aromatic heterocycles. The third-order valence-electron chi connectivity index (χ3n) is 5.16. The lowest BCUT2D eigenvalue weighted by atomic mass is 10.1. The molecule has 10 heteroatoms. The number of hydrogen-bond donors (Lipinski definition) is 1. The van der Waals surface area contributed by atoms with Gasteiger partial charge in [0.1, 0.15) is 11.6 Å². The van der Waals surface area contributed by atoms with E-state index in [4.69, 9.17) is 4.42 Å². The van der Waals surface area contributed by atoms with Crippen molar-refractivity contribution in [2.24, 2.45) is 0 Å². The van der Waals surface area contributed by atoms with Crippen LogP contribution in [0.15, 0.2) is 32.4 Å². The highest BCUT2D eigenvalue weighted by Crippen LogP contribution is 2.26. The number of aryl methyl sites for hydroxylation is 1. The highest BCUT2D eigenvalue weighted by atomic mass is 19.1. The van der Waals surface area contributed by atoms with Gasteiger partial charge in [0.05, 0.1) is 33.9 Å². The van der Waals surface area contributed by atoms with Crippen LogP contribution in [0.4, 0.5) is 10.1 Å². The first-order chi connectivity index (χ1) is 14.4. The summed E-state index contributed by atoms with van der Waals surface area (Å²) in [5.74, 6) is -0.209. The van der Waals surface area contributed by atoms with Crippen LogP contribution in [0.5, 0.6) is 0 Å². The SMILES string of the molecule is CCCc1nc2c(c(=O)[nH]1)CN(Cc1coc3c([N+](=O)[O-])cc(F)cc3c1=O)CC2. The first-order valence-corrected chi connectivity index (χ1v) is 9.59. The second kappa shape index (κ2) is 7.79. The highest BCUT2D eigenvalue weighted by molar-refractivity contribution is 5.85. The van der Waals surface area contributed by atoms with Gasteiger partial charge in [-0.1, -0.05) is 6.92 Å². The fourth-order valence-electron chi connectivity index (χ4n) is 3.74. The van der Waals surface area contributed by atoms with Gasteiger partial charge >= 0.3 is 5.69 Å². The lowest BCUT2D eigenvalue weighted by molar-refractivity contribution is -0.383. The van der Waals surface area contributed by atoms with Gasteiger partial charge < -0.3 is 9.40 Å². The number of aromatic amines is 1. The summed E-state index contributed by atoms with van der Waals surface area (Å²) in [5.41, 5.74) is -0.0110. The summed E-state index contributed by atoms with van der Waals surface area (Å²) in [5, 5.41) is 10.9. The molecular weight excluding hydrogens is 395 g/mol. The summed E-state index contributed by atoms with van der Waals surface area (Å²) in [6.07, 6.45) is 3.31. The molecule has 0 atom stereocenters. The summed E-state index contributed by atoms with van der Waals surface area (Å²) in [4.78, 5) is 44.8. The summed E-state index contributed by atoms with van der Waals surface area (Å²) in [6, 6.07) is 1.66. The predicted octanol–water partition coefficient (Wildman–Crippen LogP) is 2.43. The first kappa shape index (κ1) is 19.9. The molecule has 0 amide bonds. The van der Waals surface area contributed by atoms with Crippen molar-refractivity contribution >= 4 is 16.7 Å². The topological polar surface area (TPSA) is 122 Å². The van der Waals surface area contributed by atoms with Crippen LogP contribution in [0.25, 0.3) is 11.0 Å². The van der Waals surface area contributed by atoms with E-state index in [1.54, 1.807) is 0 Å². The smallest absolute Gasteiger partial charge is 0.315 e. The molecule has 3 aromatic rings. The normalized spacial score (nSPS) is 14.1. The van der Waals surface area contributed by atoms with Gasteiger partial charge in [0.25, 0.3) is 5.56 Å². The summed E-state index contributed by atoms with van der Waals surface area (Å²) >= 11 is 0. The minimum absolute atomic E-state index is 0.165. The van der Waals surface area contributed by atoms with Gasteiger partial charge in [0.15, 0.2) is 5.43 Å². The second-order valence-electron chi connectivity index (χ2n) is 7.30. The molecule has 1 aliphatic rings. The van der Waals surface area contributed by atoms with Gasteiger partial charge in [-0.2, -0.15) is 0 Å². The number of halogens is 1. The average Bonchev–Trinajstić information content (AvgIpc) is 2.70. The van der Waals surface area contributed by atoms with Crippen molar-refractivity contribution in [3.8, 4) is 0 Å². The number of nitrogens with zero attached hydrogens (tertiary/aromatic N) is 3. The van der Waals surface area contributed by atoms with Crippen molar-refractivity contribution in [1.82, 2.24) is 14.9 Å². The molecule has 4 rings (SSSR count). The maximum absolute atomic E-state index is 13.8. The monoisotopic (exact) mass is 414 g/mol. The first-order valence-electron chi connectivity index (χ1n) is 9.59. The molecule has 0 fully saturated rings. The van der Waals surface area contributed by atoms with Gasteiger partial charge in [-0.25, -0.2) is 9.37 Å². The molecule has 0 unspecified atom stereocenters. The molecule has 3 heterocycles. The Morgan fingerprint density at radius 1 is 1.37 bits per heavy atom. The molecule has 0 saturated carbocycles. The van der Waals surface area contributed by atoms with Crippen molar-refractivity contribution in [1.29, 1.82) is 0 Å². The molecule has 0 spiro atoms. The van der Waals surface area contributed by atoms with Crippen LogP contribution in [0, 0.1) is 15.9 Å². The number of non-ortho nitro benzene ring substituents is 1. The Bertz CT molecular complexity index is 1270. The number of nitrogens with one attached hydrogen (secondary N) is 1. The maximum atomic E-state index is 13.8. The van der Waals surface area contributed by atoms with Crippen LogP contribution in [0.2, 0.25) is 0 Å². The molecule has 1 N–H and O–H groups in total. The van der Waals surface area contributed by atoms with Crippen molar-refractivity contribution in [2.45, 2.75) is 39.3 Å². The quantitative estimate of drug-likeness (QED) is 0.502. The molecule has 0 bridgehead atoms. The van der Waals surface area contributed by atoms with Crippen LogP contribution in [0.1, 0.15) is 36.0 Å². The van der Waals surface area contributed by atoms with Crippen LogP contribution in [0.3, 0.4) is 0 Å². The minimum Gasteiger partial charge on any atom is -0.456 e. The molecule has 156 valence electrons. The zero-order valence-corrected chi connectivity index (χ0v) is 16.2. The van der Waals surface area contributed by atoms with Gasteiger partial charge in [-0.15, -0.1) is 0 Å². The third-order valence-corrected chi connectivity index (χ3v) is 5.16. The molecule has 1 aliphatic heterocycles. The Morgan fingerprint density at radius 2 is 2.17 bits per heavy atom. The zero-order chi connectivity index (χ0) is 21.4. The number of benzene rings is 1. The van der Waals surface area contributed by atoms with E-state index in [9.17, 15) is 24.1 Å². The molecule has 0 saturated heterocycles. The Morgan fingerprint density at radius 3 is 2.90 bits per heavy atom. The zero-order valence-electron chi connectivity index (χ0n) is 16.2. The van der Waals surface area contributed by atoms with E-state index in [0.29, 0.717) is 37.3 Å². The summed E-state index contributed by atoms with van der Waals surface area (Å²) < 4.78 is 19.1. The maximum Gasteiger partial charge on any atom is 0.315 e. The standard InChI is InChI=1S/C20H19FN4O5/c1-2-3-17-22-15-4-5-24(9-14(15)20(27)23-17)8-11-10-30-19-13(18(11)26)6-12(21)7-16(19)25(28)29/h6-7,10H,2-5,8-9H2,1H3,(H,22,23,27). The van der Waals surface area contributed by atoms with Crippen molar-refractivity contribution in [2.75, 3.05) is 6.54 Å². The second-order valence-corrected chi connectivity index (χ2v) is 7.30. The van der Waals surface area contributed by atoms with Gasteiger partial charge in [-0.3, -0.25) is 24.6 Å². The average molecular weight is 414 g/mol. The van der Waals surface area contributed by atoms with Crippen molar-refractivity contribution in [3.05, 3.63) is 77.5 Å². The Balaban J connectivity index is 1.64. The molecule has 9 nitrogen and oxygen atoms in total. The number of nitro groups is 1. The minimum atomic E-state index is -0.883. The van der Waals surface area contributed by atoms with Crippen LogP contribution < -0.4 is 11.0 Å². The molecule has 1 aromatic carbocycles. The van der Waals surface area contributed by atoms with Crippen LogP contribution >= 0.6 is 0 Å². The van der Waals surface area contributed by atoms with Crippen molar-refractivity contribution in [3.63, 3.8) is 0 Å². The van der Waals surface area contributed by atoms with E-state index >= 15 is 0 Å². The lowest BCUT2D eigenvalue weighted by Crippen LogP contribution is -2.36. The number of hydrogen-bond acceptors (Lipinski definition) is 7. The molecular formula is C20H19FN4O5. The van der Waals surface area contributed by atoms with Crippen LogP contribution in [-0.2, 0) is 25.9 Å². The largest absolute Gasteiger partial charge is 0.456 e. The van der Waals surface area contributed by atoms with Gasteiger partial charge in [0.2, 0.25) is 5.58 Å². The van der Waals surface area contributed by atoms with E-state index in [-0.39, 0.29) is 28.6 Å². The van der Waals surface area contributed by atoms with E-state index < -0.39 is 21.9 Å². The lowest BCUT2D eigenvalue weighted by Gasteiger charge is -2.27. The number of H-pyrrole nitrogens is 1. The van der Waals surface area contributed by atoms with E-state index in [1.807, 2.05) is 11.8 Å². The predicted molar refractivity (Wildman–Crippen MR) is 106 cm³/mol. The van der Waals surface area contributed by atoms with E-state index in [1.165, 1.54) is 0 Å². The number of nitro benzene ring substituents is 1. The van der Waals surface area contributed by atoms with Crippen LogP contribution in [-0.4, -0.2) is 26.3 Å². The summed E-state index contributed by atoms with van der Waals surface area (Å²) in [6.45, 7) is 3.07. The molecule has 30 heavy (non-hydrogen) atoms. The van der Waals surface area contributed by atoms with Crippen molar-refractivity contribution < 1.29 is 13.7 Å². The van der Waals surface area contributed by atoms with E-state index in [0.717, 1.165) is 30.5 Å². The third kappa shape index (κ3) is 3.61. The molecule has 0 radical (unpaired) electrons. The number of rotatable bonds is 5. The molecule has 0 aliphatic carbocycles. The summed E-state index contributed by atoms with van der Waals surface area (Å²) in [7, 11) is 0. The Labute approximate surface area is 169 Å². The van der Waals surface area contributed by atoms with E-state index in [2.05, 4.69) is 9.97 Å². The Kier molecular flexibility index (Phi) is 5.17.